The van der Waals surface area contributed by atoms with E-state index in [1.165, 1.54) is 12.1 Å². The monoisotopic (exact) mass is 393 g/mol. The minimum absolute atomic E-state index is 0.289. The van der Waals surface area contributed by atoms with E-state index in [1.807, 2.05) is 42.5 Å². The average molecular weight is 393 g/mol. The van der Waals surface area contributed by atoms with E-state index in [9.17, 15) is 4.39 Å². The minimum atomic E-state index is -0.509. The number of rotatable bonds is 7. The molecule has 4 rings (SSSR count). The second-order valence-electron chi connectivity index (χ2n) is 7.02. The molecule has 2 atom stereocenters. The fraction of sp³-hybridized carbons (Fsp3) is 0.292. The molecule has 1 fully saturated rings. The number of pyridine rings is 1. The molecule has 1 aliphatic rings. The number of aromatic nitrogens is 1. The van der Waals surface area contributed by atoms with Crippen molar-refractivity contribution in [2.45, 2.75) is 38.3 Å². The van der Waals surface area contributed by atoms with Crippen molar-refractivity contribution < 1.29 is 18.6 Å². The molecule has 1 saturated heterocycles. The molecule has 0 saturated carbocycles. The molecule has 2 aromatic carbocycles. The van der Waals surface area contributed by atoms with Gasteiger partial charge in [-0.3, -0.25) is 4.98 Å². The van der Waals surface area contributed by atoms with Crippen molar-refractivity contribution in [2.75, 3.05) is 6.61 Å². The van der Waals surface area contributed by atoms with Gasteiger partial charge in [-0.25, -0.2) is 4.39 Å². The topological polar surface area (TPSA) is 40.6 Å². The lowest BCUT2D eigenvalue weighted by atomic mass is 10.0. The molecule has 150 valence electrons. The van der Waals surface area contributed by atoms with Gasteiger partial charge in [0.05, 0.1) is 0 Å². The summed E-state index contributed by atoms with van der Waals surface area (Å²) in [4.78, 5) is 4.56. The van der Waals surface area contributed by atoms with Gasteiger partial charge in [0.25, 0.3) is 0 Å². The third-order valence-corrected chi connectivity index (χ3v) is 4.88. The lowest BCUT2D eigenvalue weighted by Crippen LogP contribution is -2.25. The lowest BCUT2D eigenvalue weighted by molar-refractivity contribution is -0.182. The Hall–Kier alpha value is -2.76. The fourth-order valence-corrected chi connectivity index (χ4v) is 3.37. The van der Waals surface area contributed by atoms with E-state index in [1.54, 1.807) is 18.3 Å². The number of hydrogen-bond acceptors (Lipinski definition) is 4. The maximum atomic E-state index is 13.5. The highest BCUT2D eigenvalue weighted by atomic mass is 19.1. The van der Waals surface area contributed by atoms with Crippen LogP contribution in [0.3, 0.4) is 0 Å². The second-order valence-corrected chi connectivity index (χ2v) is 7.02. The summed E-state index contributed by atoms with van der Waals surface area (Å²) in [5, 5.41) is 0. The summed E-state index contributed by atoms with van der Waals surface area (Å²) in [5.41, 5.74) is 2.53. The molecule has 0 N–H and O–H groups in total. The third kappa shape index (κ3) is 5.19. The van der Waals surface area contributed by atoms with Crippen LogP contribution in [0.15, 0.2) is 72.9 Å². The van der Waals surface area contributed by atoms with Gasteiger partial charge in [-0.2, -0.15) is 0 Å². The standard InChI is InChI=1S/C24H24FNO3/c25-20-13-11-19(12-14-20)24(29-22-10-4-5-16-27-22)23-21(9-6-15-26-23)28-17-18-7-2-1-3-8-18/h1-3,6-9,11-15,22,24H,4-5,10,16-17H2. The summed E-state index contributed by atoms with van der Waals surface area (Å²) >= 11 is 0. The van der Waals surface area contributed by atoms with Crippen molar-refractivity contribution in [3.8, 4) is 5.75 Å². The third-order valence-electron chi connectivity index (χ3n) is 4.88. The maximum Gasteiger partial charge on any atom is 0.158 e. The summed E-state index contributed by atoms with van der Waals surface area (Å²) in [5.74, 6) is 0.351. The molecule has 0 spiro atoms. The van der Waals surface area contributed by atoms with Crippen molar-refractivity contribution in [2.24, 2.45) is 0 Å². The first-order valence-electron chi connectivity index (χ1n) is 9.94. The van der Waals surface area contributed by atoms with Crippen LogP contribution >= 0.6 is 0 Å². The number of halogens is 1. The van der Waals surface area contributed by atoms with Gasteiger partial charge in [0.15, 0.2) is 6.29 Å². The van der Waals surface area contributed by atoms with Gasteiger partial charge >= 0.3 is 0 Å². The van der Waals surface area contributed by atoms with Gasteiger partial charge in [-0.05, 0) is 54.7 Å². The zero-order valence-corrected chi connectivity index (χ0v) is 16.2. The minimum Gasteiger partial charge on any atom is -0.487 e. The highest BCUT2D eigenvalue weighted by Gasteiger charge is 2.26. The van der Waals surface area contributed by atoms with Crippen molar-refractivity contribution in [3.63, 3.8) is 0 Å². The Morgan fingerprint density at radius 2 is 1.83 bits per heavy atom. The van der Waals surface area contributed by atoms with Gasteiger partial charge in [-0.15, -0.1) is 0 Å². The van der Waals surface area contributed by atoms with Crippen LogP contribution in [0.4, 0.5) is 4.39 Å². The van der Waals surface area contributed by atoms with Gasteiger partial charge < -0.3 is 14.2 Å². The molecule has 0 aliphatic carbocycles. The van der Waals surface area contributed by atoms with Gasteiger partial charge in [-0.1, -0.05) is 42.5 Å². The van der Waals surface area contributed by atoms with Crippen LogP contribution in [-0.4, -0.2) is 17.9 Å². The van der Waals surface area contributed by atoms with E-state index >= 15 is 0 Å². The average Bonchev–Trinajstić information content (AvgIpc) is 2.78. The van der Waals surface area contributed by atoms with Crippen molar-refractivity contribution in [3.05, 3.63) is 95.6 Å². The number of ether oxygens (including phenoxy) is 3. The van der Waals surface area contributed by atoms with Crippen LogP contribution in [-0.2, 0) is 16.1 Å². The van der Waals surface area contributed by atoms with Gasteiger partial charge in [0, 0.05) is 12.8 Å². The molecule has 0 bridgehead atoms. The van der Waals surface area contributed by atoms with E-state index in [-0.39, 0.29) is 12.1 Å². The molecule has 3 aromatic rings. The molecule has 0 amide bonds. The highest BCUT2D eigenvalue weighted by Crippen LogP contribution is 2.34. The van der Waals surface area contributed by atoms with E-state index in [2.05, 4.69) is 4.98 Å². The smallest absolute Gasteiger partial charge is 0.158 e. The SMILES string of the molecule is Fc1ccc(C(OC2CCCCO2)c2ncccc2OCc2ccccc2)cc1. The quantitative estimate of drug-likeness (QED) is 0.536. The Labute approximate surface area is 170 Å². The normalized spacial score (nSPS) is 17.6. The molecular weight excluding hydrogens is 369 g/mol. The van der Waals surface area contributed by atoms with Crippen LogP contribution in [0.2, 0.25) is 0 Å². The van der Waals surface area contributed by atoms with E-state index < -0.39 is 6.10 Å². The van der Waals surface area contributed by atoms with Crippen LogP contribution in [0.25, 0.3) is 0 Å². The van der Waals surface area contributed by atoms with Gasteiger partial charge in [0.1, 0.15) is 30.0 Å². The largest absolute Gasteiger partial charge is 0.487 e. The highest BCUT2D eigenvalue weighted by molar-refractivity contribution is 5.36. The predicted molar refractivity (Wildman–Crippen MR) is 108 cm³/mol. The van der Waals surface area contributed by atoms with Crippen molar-refractivity contribution in [1.82, 2.24) is 4.98 Å². The Bertz CT molecular complexity index is 896. The molecule has 2 heterocycles. The van der Waals surface area contributed by atoms with Crippen LogP contribution in [0.1, 0.15) is 42.2 Å². The molecule has 1 aromatic heterocycles. The molecule has 29 heavy (non-hydrogen) atoms. The molecule has 5 heteroatoms. The number of benzene rings is 2. The molecule has 4 nitrogen and oxygen atoms in total. The van der Waals surface area contributed by atoms with Crippen LogP contribution in [0, 0.1) is 5.82 Å². The Balaban J connectivity index is 1.61. The first kappa shape index (κ1) is 19.6. The Morgan fingerprint density at radius 3 is 2.59 bits per heavy atom. The van der Waals surface area contributed by atoms with Crippen molar-refractivity contribution >= 4 is 0 Å². The molecule has 1 aliphatic heterocycles. The van der Waals surface area contributed by atoms with Crippen LogP contribution < -0.4 is 4.74 Å². The second kappa shape index (κ2) is 9.63. The summed E-state index contributed by atoms with van der Waals surface area (Å²) in [7, 11) is 0. The number of hydrogen-bond donors (Lipinski definition) is 0. The first-order valence-corrected chi connectivity index (χ1v) is 9.94. The summed E-state index contributed by atoms with van der Waals surface area (Å²) in [6.45, 7) is 1.11. The van der Waals surface area contributed by atoms with Crippen molar-refractivity contribution in [1.29, 1.82) is 0 Å². The molecule has 0 radical (unpaired) electrons. The van der Waals surface area contributed by atoms with E-state index in [4.69, 9.17) is 14.2 Å². The first-order chi connectivity index (χ1) is 14.3. The fourth-order valence-electron chi connectivity index (χ4n) is 3.37. The maximum absolute atomic E-state index is 13.5. The van der Waals surface area contributed by atoms with E-state index in [0.717, 1.165) is 30.4 Å². The lowest BCUT2D eigenvalue weighted by Gasteiger charge is -2.28. The molecule has 2 unspecified atom stereocenters. The number of nitrogens with zero attached hydrogens (tertiary/aromatic N) is 1. The summed E-state index contributed by atoms with van der Waals surface area (Å²) < 4.78 is 31.7. The summed E-state index contributed by atoms with van der Waals surface area (Å²) in [6, 6.07) is 20.0. The van der Waals surface area contributed by atoms with E-state index in [0.29, 0.717) is 24.7 Å². The van der Waals surface area contributed by atoms with Gasteiger partial charge in [0.2, 0.25) is 0 Å². The zero-order chi connectivity index (χ0) is 19.9. The Kier molecular flexibility index (Phi) is 6.49. The predicted octanol–water partition coefficient (Wildman–Crippen LogP) is 5.43. The molecular formula is C24H24FNO3. The summed E-state index contributed by atoms with van der Waals surface area (Å²) in [6.07, 6.45) is 3.81. The Morgan fingerprint density at radius 1 is 1.00 bits per heavy atom. The van der Waals surface area contributed by atoms with Crippen LogP contribution in [0.5, 0.6) is 5.75 Å². The zero-order valence-electron chi connectivity index (χ0n) is 16.2.